The summed E-state index contributed by atoms with van der Waals surface area (Å²) >= 11 is 0. The van der Waals surface area contributed by atoms with Gasteiger partial charge in [-0.1, -0.05) is 60.2 Å². The molecule has 27 heavy (non-hydrogen) atoms. The first-order valence-corrected chi connectivity index (χ1v) is 9.36. The van der Waals surface area contributed by atoms with Crippen molar-refractivity contribution < 1.29 is 14.7 Å². The molecule has 0 radical (unpaired) electrons. The molecule has 3 N–H and O–H groups in total. The minimum Gasteiger partial charge on any atom is -0.391 e. The van der Waals surface area contributed by atoms with Gasteiger partial charge in [0.2, 0.25) is 11.8 Å². The van der Waals surface area contributed by atoms with Crippen molar-refractivity contribution in [1.29, 1.82) is 0 Å². The first-order chi connectivity index (χ1) is 13.0. The Morgan fingerprint density at radius 1 is 0.963 bits per heavy atom. The molecule has 0 bridgehead atoms. The van der Waals surface area contributed by atoms with Gasteiger partial charge < -0.3 is 15.7 Å². The van der Waals surface area contributed by atoms with E-state index in [1.807, 2.05) is 61.5 Å². The number of aryl methyl sites for hydroxylation is 1. The molecule has 1 aliphatic rings. The number of amides is 2. The molecule has 0 heterocycles. The molecule has 3 unspecified atom stereocenters. The van der Waals surface area contributed by atoms with E-state index in [1.54, 1.807) is 0 Å². The lowest BCUT2D eigenvalue weighted by atomic mass is 9.97. The molecular formula is C22H26N2O3. The predicted molar refractivity (Wildman–Crippen MR) is 104 cm³/mol. The molecule has 2 aromatic rings. The van der Waals surface area contributed by atoms with Gasteiger partial charge in [0.25, 0.3) is 0 Å². The zero-order chi connectivity index (χ0) is 19.4. The first kappa shape index (κ1) is 19.1. The van der Waals surface area contributed by atoms with Crippen molar-refractivity contribution in [2.45, 2.75) is 44.9 Å². The number of benzene rings is 2. The van der Waals surface area contributed by atoms with Crippen molar-refractivity contribution in [1.82, 2.24) is 10.6 Å². The van der Waals surface area contributed by atoms with Crippen molar-refractivity contribution >= 4 is 11.8 Å². The number of aliphatic hydroxyl groups excluding tert-OH is 1. The molecular weight excluding hydrogens is 340 g/mol. The maximum atomic E-state index is 12.9. The second-order valence-electron chi connectivity index (χ2n) is 7.26. The lowest BCUT2D eigenvalue weighted by molar-refractivity contribution is -0.132. The number of carbonyl (C=O) groups excluding carboxylic acids is 2. The quantitative estimate of drug-likeness (QED) is 0.704. The van der Waals surface area contributed by atoms with Crippen LogP contribution in [0, 0.1) is 12.8 Å². The van der Waals surface area contributed by atoms with Crippen molar-refractivity contribution in [2.24, 2.45) is 5.92 Å². The van der Waals surface area contributed by atoms with Crippen LogP contribution in [0.15, 0.2) is 54.6 Å². The Morgan fingerprint density at radius 2 is 1.56 bits per heavy atom. The second kappa shape index (κ2) is 8.35. The molecule has 5 nitrogen and oxygen atoms in total. The van der Waals surface area contributed by atoms with Crippen LogP contribution in [0.25, 0.3) is 0 Å². The van der Waals surface area contributed by atoms with Crippen LogP contribution < -0.4 is 10.6 Å². The minimum absolute atomic E-state index is 0.0268. The summed E-state index contributed by atoms with van der Waals surface area (Å²) in [6.45, 7) is 3.53. The third kappa shape index (κ3) is 4.95. The smallest absolute Gasteiger partial charge is 0.246 e. The lowest BCUT2D eigenvalue weighted by Gasteiger charge is -2.26. The SMILES string of the molecule is Cc1ccc(C(NC(=O)C(NC(=O)C2CC2)C(C)O)c2ccccc2)cc1. The van der Waals surface area contributed by atoms with Crippen molar-refractivity contribution in [3.05, 3.63) is 71.3 Å². The fourth-order valence-electron chi connectivity index (χ4n) is 3.02. The van der Waals surface area contributed by atoms with E-state index in [4.69, 9.17) is 0 Å². The standard InChI is InChI=1S/C22H26N2O3/c1-14-8-10-17(11-9-14)20(16-6-4-3-5-7-16)24-22(27)19(15(2)25)23-21(26)18-12-13-18/h3-11,15,18-20,25H,12-13H2,1-2H3,(H,23,26)(H,24,27). The normalized spacial score (nSPS) is 16.9. The number of hydrogen-bond donors (Lipinski definition) is 3. The first-order valence-electron chi connectivity index (χ1n) is 9.36. The number of carbonyl (C=O) groups is 2. The van der Waals surface area contributed by atoms with E-state index in [0.29, 0.717) is 0 Å². The van der Waals surface area contributed by atoms with Gasteiger partial charge in [-0.15, -0.1) is 0 Å². The second-order valence-corrected chi connectivity index (χ2v) is 7.26. The Kier molecular flexibility index (Phi) is 5.91. The summed E-state index contributed by atoms with van der Waals surface area (Å²) in [5.41, 5.74) is 3.01. The van der Waals surface area contributed by atoms with Crippen LogP contribution in [0.4, 0.5) is 0 Å². The van der Waals surface area contributed by atoms with E-state index >= 15 is 0 Å². The molecule has 1 saturated carbocycles. The summed E-state index contributed by atoms with van der Waals surface area (Å²) in [6, 6.07) is 16.3. The van der Waals surface area contributed by atoms with Crippen LogP contribution in [0.1, 0.15) is 42.5 Å². The van der Waals surface area contributed by atoms with Crippen molar-refractivity contribution in [2.75, 3.05) is 0 Å². The van der Waals surface area contributed by atoms with Gasteiger partial charge in [-0.2, -0.15) is 0 Å². The van der Waals surface area contributed by atoms with Gasteiger partial charge in [-0.3, -0.25) is 9.59 Å². The molecule has 2 amide bonds. The summed E-state index contributed by atoms with van der Waals surface area (Å²) < 4.78 is 0. The van der Waals surface area contributed by atoms with E-state index in [1.165, 1.54) is 6.92 Å². The highest BCUT2D eigenvalue weighted by atomic mass is 16.3. The van der Waals surface area contributed by atoms with Gasteiger partial charge in [0.15, 0.2) is 0 Å². The number of aliphatic hydroxyl groups is 1. The molecule has 1 fully saturated rings. The molecule has 5 heteroatoms. The number of nitrogens with one attached hydrogen (secondary N) is 2. The van der Waals surface area contributed by atoms with Crippen LogP contribution in [0.3, 0.4) is 0 Å². The fraction of sp³-hybridized carbons (Fsp3) is 0.364. The lowest BCUT2D eigenvalue weighted by Crippen LogP contribution is -2.53. The minimum atomic E-state index is -0.984. The van der Waals surface area contributed by atoms with Crippen LogP contribution >= 0.6 is 0 Å². The average Bonchev–Trinajstić information content (AvgIpc) is 3.50. The van der Waals surface area contributed by atoms with E-state index in [-0.39, 0.29) is 17.9 Å². The summed E-state index contributed by atoms with van der Waals surface area (Å²) in [5, 5.41) is 15.7. The molecule has 1 aliphatic carbocycles. The molecule has 3 atom stereocenters. The highest BCUT2D eigenvalue weighted by Crippen LogP contribution is 2.29. The van der Waals surface area contributed by atoms with Crippen LogP contribution in [0.5, 0.6) is 0 Å². The zero-order valence-electron chi connectivity index (χ0n) is 15.7. The topological polar surface area (TPSA) is 78.4 Å². The Bertz CT molecular complexity index is 783. The summed E-state index contributed by atoms with van der Waals surface area (Å²) in [7, 11) is 0. The molecule has 0 aromatic heterocycles. The van der Waals surface area contributed by atoms with E-state index in [9.17, 15) is 14.7 Å². The third-order valence-corrected chi connectivity index (χ3v) is 4.84. The molecule has 0 saturated heterocycles. The third-order valence-electron chi connectivity index (χ3n) is 4.84. The molecule has 3 rings (SSSR count). The number of hydrogen-bond acceptors (Lipinski definition) is 3. The Hall–Kier alpha value is -2.66. The molecule has 0 spiro atoms. The van der Waals surface area contributed by atoms with Gasteiger partial charge >= 0.3 is 0 Å². The van der Waals surface area contributed by atoms with Crippen LogP contribution in [-0.4, -0.2) is 29.1 Å². The van der Waals surface area contributed by atoms with Gasteiger partial charge in [0, 0.05) is 5.92 Å². The Balaban J connectivity index is 1.82. The largest absolute Gasteiger partial charge is 0.391 e. The van der Waals surface area contributed by atoms with Crippen molar-refractivity contribution in [3.63, 3.8) is 0 Å². The van der Waals surface area contributed by atoms with E-state index in [2.05, 4.69) is 10.6 Å². The summed E-state index contributed by atoms with van der Waals surface area (Å²) in [5.74, 6) is -0.586. The number of rotatable bonds is 7. The Labute approximate surface area is 159 Å². The average molecular weight is 366 g/mol. The summed E-state index contributed by atoms with van der Waals surface area (Å²) in [4.78, 5) is 25.0. The molecule has 2 aromatic carbocycles. The monoisotopic (exact) mass is 366 g/mol. The van der Waals surface area contributed by atoms with Gasteiger partial charge in [-0.25, -0.2) is 0 Å². The van der Waals surface area contributed by atoms with E-state index in [0.717, 1.165) is 29.5 Å². The van der Waals surface area contributed by atoms with Crippen LogP contribution in [-0.2, 0) is 9.59 Å². The van der Waals surface area contributed by atoms with Crippen LogP contribution in [0.2, 0.25) is 0 Å². The Morgan fingerprint density at radius 3 is 2.11 bits per heavy atom. The maximum absolute atomic E-state index is 12.9. The highest BCUT2D eigenvalue weighted by molar-refractivity contribution is 5.90. The van der Waals surface area contributed by atoms with Gasteiger partial charge in [-0.05, 0) is 37.8 Å². The zero-order valence-corrected chi connectivity index (χ0v) is 15.7. The van der Waals surface area contributed by atoms with Crippen molar-refractivity contribution in [3.8, 4) is 0 Å². The highest BCUT2D eigenvalue weighted by Gasteiger charge is 2.35. The van der Waals surface area contributed by atoms with Gasteiger partial charge in [0.1, 0.15) is 6.04 Å². The predicted octanol–water partition coefficient (Wildman–Crippen LogP) is 2.48. The summed E-state index contributed by atoms with van der Waals surface area (Å²) in [6.07, 6.45) is 0.702. The maximum Gasteiger partial charge on any atom is 0.246 e. The van der Waals surface area contributed by atoms with E-state index < -0.39 is 18.1 Å². The fourth-order valence-corrected chi connectivity index (χ4v) is 3.02. The van der Waals surface area contributed by atoms with Gasteiger partial charge in [0.05, 0.1) is 12.1 Å². The molecule has 142 valence electrons. The molecule has 0 aliphatic heterocycles.